The summed E-state index contributed by atoms with van der Waals surface area (Å²) in [6.45, 7) is 0. The maximum atomic E-state index is 10.9. The zero-order valence-electron chi connectivity index (χ0n) is 6.22. The topological polar surface area (TPSA) is 36.7 Å². The van der Waals surface area contributed by atoms with Gasteiger partial charge in [-0.25, -0.2) is 4.84 Å². The van der Waals surface area contributed by atoms with Gasteiger partial charge in [-0.2, -0.15) is 5.23 Å². The lowest BCUT2D eigenvalue weighted by atomic mass is 10.1. The lowest BCUT2D eigenvalue weighted by Crippen LogP contribution is -3.03. The Kier molecular flexibility index (Phi) is 2.86. The minimum atomic E-state index is -0.153. The fourth-order valence-electron chi connectivity index (χ4n) is 1.15. The highest BCUT2D eigenvalue weighted by atomic mass is 16.9. The van der Waals surface area contributed by atoms with E-state index in [0.29, 0.717) is 0 Å². The van der Waals surface area contributed by atoms with Crippen LogP contribution in [0.25, 0.3) is 0 Å². The maximum absolute atomic E-state index is 10.9. The number of hydroxylamine groups is 2. The lowest BCUT2D eigenvalue weighted by Gasteiger charge is -2.21. The van der Waals surface area contributed by atoms with E-state index in [2.05, 4.69) is 4.84 Å². The predicted octanol–water partition coefficient (Wildman–Crippen LogP) is 0.388. The standard InChI is InChI=1S/C7H13NO2/c1-10-8(9)7-5-3-2-4-6-7/h5,8H,2-4,6H2,1H3. The Labute approximate surface area is 60.8 Å². The van der Waals surface area contributed by atoms with E-state index < -0.39 is 0 Å². The van der Waals surface area contributed by atoms with Gasteiger partial charge in [0, 0.05) is 6.42 Å². The molecular weight excluding hydrogens is 130 g/mol. The van der Waals surface area contributed by atoms with E-state index in [4.69, 9.17) is 0 Å². The third-order valence-corrected chi connectivity index (χ3v) is 1.74. The van der Waals surface area contributed by atoms with Crippen molar-refractivity contribution in [1.82, 2.24) is 0 Å². The third-order valence-electron chi connectivity index (χ3n) is 1.74. The molecule has 0 aromatic heterocycles. The highest BCUT2D eigenvalue weighted by molar-refractivity contribution is 4.94. The van der Waals surface area contributed by atoms with Gasteiger partial charge >= 0.3 is 0 Å². The average molecular weight is 143 g/mol. The van der Waals surface area contributed by atoms with E-state index in [-0.39, 0.29) is 5.23 Å². The van der Waals surface area contributed by atoms with Gasteiger partial charge in [-0.3, -0.25) is 0 Å². The van der Waals surface area contributed by atoms with Crippen LogP contribution in [0, 0.1) is 5.21 Å². The van der Waals surface area contributed by atoms with Crippen LogP contribution in [0.4, 0.5) is 0 Å². The summed E-state index contributed by atoms with van der Waals surface area (Å²) in [5.41, 5.74) is 0.855. The molecule has 0 aromatic rings. The smallest absolute Gasteiger partial charge is 0.136 e. The summed E-state index contributed by atoms with van der Waals surface area (Å²) in [7, 11) is 1.43. The van der Waals surface area contributed by atoms with Gasteiger partial charge in [-0.05, 0) is 25.3 Å². The Morgan fingerprint density at radius 1 is 1.60 bits per heavy atom. The molecule has 1 unspecified atom stereocenters. The van der Waals surface area contributed by atoms with E-state index in [0.717, 1.165) is 25.0 Å². The Morgan fingerprint density at radius 3 is 2.90 bits per heavy atom. The molecule has 0 aliphatic heterocycles. The first-order valence-electron chi connectivity index (χ1n) is 3.62. The highest BCUT2D eigenvalue weighted by Crippen LogP contribution is 2.12. The first kappa shape index (κ1) is 7.72. The zero-order chi connectivity index (χ0) is 7.40. The molecule has 1 aliphatic rings. The summed E-state index contributed by atoms with van der Waals surface area (Å²) in [6, 6.07) is 0. The molecule has 0 amide bonds. The first-order chi connectivity index (χ1) is 4.84. The van der Waals surface area contributed by atoms with Crippen molar-refractivity contribution in [1.29, 1.82) is 0 Å². The molecule has 10 heavy (non-hydrogen) atoms. The van der Waals surface area contributed by atoms with Crippen LogP contribution in [0.15, 0.2) is 11.8 Å². The van der Waals surface area contributed by atoms with Crippen molar-refractivity contribution in [2.45, 2.75) is 25.7 Å². The molecule has 3 nitrogen and oxygen atoms in total. The number of hydrogen-bond acceptors (Lipinski definition) is 2. The Balaban J connectivity index is 2.44. The number of nitrogens with one attached hydrogen (secondary N) is 1. The van der Waals surface area contributed by atoms with Crippen molar-refractivity contribution in [2.24, 2.45) is 0 Å². The van der Waals surface area contributed by atoms with Gasteiger partial charge in [-0.15, -0.1) is 0 Å². The predicted molar refractivity (Wildman–Crippen MR) is 37.9 cm³/mol. The van der Waals surface area contributed by atoms with Gasteiger partial charge < -0.3 is 5.21 Å². The summed E-state index contributed by atoms with van der Waals surface area (Å²) in [6.07, 6.45) is 6.24. The normalized spacial score (nSPS) is 22.0. The van der Waals surface area contributed by atoms with Crippen LogP contribution < -0.4 is 5.23 Å². The second-order valence-corrected chi connectivity index (χ2v) is 2.47. The fourth-order valence-corrected chi connectivity index (χ4v) is 1.15. The third kappa shape index (κ3) is 1.80. The van der Waals surface area contributed by atoms with Crippen LogP contribution in [-0.4, -0.2) is 7.11 Å². The molecule has 0 radical (unpaired) electrons. The van der Waals surface area contributed by atoms with Gasteiger partial charge in [0.05, 0.1) is 7.11 Å². The molecule has 0 fully saturated rings. The monoisotopic (exact) mass is 143 g/mol. The zero-order valence-corrected chi connectivity index (χ0v) is 6.22. The Morgan fingerprint density at radius 2 is 2.40 bits per heavy atom. The van der Waals surface area contributed by atoms with Crippen molar-refractivity contribution in [3.8, 4) is 0 Å². The minimum Gasteiger partial charge on any atom is -0.595 e. The van der Waals surface area contributed by atoms with E-state index in [1.807, 2.05) is 6.08 Å². The summed E-state index contributed by atoms with van der Waals surface area (Å²) in [4.78, 5) is 4.58. The summed E-state index contributed by atoms with van der Waals surface area (Å²) < 4.78 is 0. The molecule has 0 spiro atoms. The Hall–Kier alpha value is -0.380. The van der Waals surface area contributed by atoms with Gasteiger partial charge in [0.25, 0.3) is 0 Å². The van der Waals surface area contributed by atoms with Crippen LogP contribution in [0.2, 0.25) is 0 Å². The number of allylic oxidation sites excluding steroid dienone is 2. The Bertz CT molecular complexity index is 134. The van der Waals surface area contributed by atoms with E-state index in [1.165, 1.54) is 13.5 Å². The van der Waals surface area contributed by atoms with Crippen molar-refractivity contribution in [2.75, 3.05) is 7.11 Å². The van der Waals surface area contributed by atoms with Gasteiger partial charge in [-0.1, -0.05) is 0 Å². The van der Waals surface area contributed by atoms with Crippen LogP contribution >= 0.6 is 0 Å². The molecule has 0 saturated heterocycles. The molecule has 3 heteroatoms. The second-order valence-electron chi connectivity index (χ2n) is 2.47. The van der Waals surface area contributed by atoms with Crippen LogP contribution in [0.5, 0.6) is 0 Å². The molecular formula is C7H13NO2. The van der Waals surface area contributed by atoms with Gasteiger partial charge in [0.2, 0.25) is 0 Å². The summed E-state index contributed by atoms with van der Waals surface area (Å²) >= 11 is 0. The van der Waals surface area contributed by atoms with Crippen molar-refractivity contribution >= 4 is 0 Å². The number of rotatable bonds is 2. The SMILES string of the molecule is CO[NH+]([O-])C1=CCCCC1. The molecule has 1 N–H and O–H groups in total. The van der Waals surface area contributed by atoms with Crippen molar-refractivity contribution < 1.29 is 10.1 Å². The molecule has 1 atom stereocenters. The van der Waals surface area contributed by atoms with Crippen LogP contribution in [0.1, 0.15) is 25.7 Å². The van der Waals surface area contributed by atoms with Gasteiger partial charge in [0.15, 0.2) is 0 Å². The molecule has 1 rings (SSSR count). The average Bonchev–Trinajstić information content (AvgIpc) is 2.05. The number of quaternary nitrogens is 1. The molecule has 0 bridgehead atoms. The largest absolute Gasteiger partial charge is 0.595 e. The summed E-state index contributed by atoms with van der Waals surface area (Å²) in [5, 5.41) is 10.7. The minimum absolute atomic E-state index is 0.153. The molecule has 1 aliphatic carbocycles. The summed E-state index contributed by atoms with van der Waals surface area (Å²) in [5.74, 6) is 0. The fraction of sp³-hybridized carbons (Fsp3) is 0.714. The molecule has 0 saturated carbocycles. The van der Waals surface area contributed by atoms with E-state index in [9.17, 15) is 5.21 Å². The quantitative estimate of drug-likeness (QED) is 0.568. The maximum Gasteiger partial charge on any atom is 0.136 e. The second kappa shape index (κ2) is 3.71. The first-order valence-corrected chi connectivity index (χ1v) is 3.62. The van der Waals surface area contributed by atoms with E-state index >= 15 is 0 Å². The highest BCUT2D eigenvalue weighted by Gasteiger charge is 2.09. The van der Waals surface area contributed by atoms with Crippen molar-refractivity contribution in [3.63, 3.8) is 0 Å². The van der Waals surface area contributed by atoms with Crippen molar-refractivity contribution in [3.05, 3.63) is 17.0 Å². The molecule has 0 aromatic carbocycles. The van der Waals surface area contributed by atoms with E-state index in [1.54, 1.807) is 0 Å². The molecule has 58 valence electrons. The molecule has 0 heterocycles. The van der Waals surface area contributed by atoms with Gasteiger partial charge in [0.1, 0.15) is 5.70 Å². The van der Waals surface area contributed by atoms with Crippen LogP contribution in [0.3, 0.4) is 0 Å². The lowest BCUT2D eigenvalue weighted by molar-refractivity contribution is -1.02. The van der Waals surface area contributed by atoms with Crippen LogP contribution in [-0.2, 0) is 4.84 Å². The number of hydrogen-bond donors (Lipinski definition) is 1.